The number of carbonyl (C=O) groups is 1. The van der Waals surface area contributed by atoms with Gasteiger partial charge in [0.05, 0.1) is 23.1 Å². The number of ether oxygens (including phenoxy) is 2. The van der Waals surface area contributed by atoms with E-state index in [1.807, 2.05) is 13.0 Å². The van der Waals surface area contributed by atoms with Gasteiger partial charge in [0.25, 0.3) is 5.91 Å². The summed E-state index contributed by atoms with van der Waals surface area (Å²) in [7, 11) is -3.53. The molecular weight excluding hydrogens is 430 g/mol. The van der Waals surface area contributed by atoms with E-state index in [1.165, 1.54) is 16.4 Å². The maximum Gasteiger partial charge on any atom is 0.262 e. The van der Waals surface area contributed by atoms with Gasteiger partial charge in [-0.3, -0.25) is 4.79 Å². The van der Waals surface area contributed by atoms with Crippen molar-refractivity contribution in [3.8, 4) is 17.6 Å². The van der Waals surface area contributed by atoms with E-state index in [-0.39, 0.29) is 11.5 Å². The minimum atomic E-state index is -3.53. The second-order valence-corrected chi connectivity index (χ2v) is 9.32. The van der Waals surface area contributed by atoms with Crippen molar-refractivity contribution in [1.82, 2.24) is 4.31 Å². The van der Waals surface area contributed by atoms with Gasteiger partial charge in [0, 0.05) is 24.8 Å². The lowest BCUT2D eigenvalue weighted by molar-refractivity contribution is -0.118. The molecule has 0 atom stereocenters. The third kappa shape index (κ3) is 5.99. The number of amides is 1. The molecule has 1 heterocycles. The molecule has 0 unspecified atom stereocenters. The molecule has 3 rings (SSSR count). The highest BCUT2D eigenvalue weighted by Crippen LogP contribution is 2.28. The second-order valence-electron chi connectivity index (χ2n) is 7.39. The Hall–Kier alpha value is -3.09. The number of rotatable bonds is 8. The van der Waals surface area contributed by atoms with Crippen LogP contribution in [0.3, 0.4) is 0 Å². The van der Waals surface area contributed by atoms with Crippen molar-refractivity contribution in [3.63, 3.8) is 0 Å². The van der Waals surface area contributed by atoms with Crippen LogP contribution in [-0.4, -0.2) is 44.9 Å². The molecule has 1 amide bonds. The average Bonchev–Trinajstić information content (AvgIpc) is 3.09. The third-order valence-electron chi connectivity index (χ3n) is 5.07. The number of carbonyl (C=O) groups excluding carboxylic acids is 1. The van der Waals surface area contributed by atoms with Crippen LogP contribution < -0.4 is 14.8 Å². The topological polar surface area (TPSA) is 109 Å². The number of hydrogen-bond donors (Lipinski definition) is 1. The van der Waals surface area contributed by atoms with Crippen molar-refractivity contribution in [2.24, 2.45) is 0 Å². The zero-order valence-corrected chi connectivity index (χ0v) is 18.9. The number of benzene rings is 2. The van der Waals surface area contributed by atoms with E-state index in [2.05, 4.69) is 5.32 Å². The smallest absolute Gasteiger partial charge is 0.262 e. The molecule has 2 aromatic rings. The SMILES string of the molecule is CCOc1cc(C#N)ccc1OCC(=O)Nc1ccc(S(=O)(=O)N2CCCCCC2)cc1. The fraction of sp³-hybridized carbons (Fsp3) is 0.391. The summed E-state index contributed by atoms with van der Waals surface area (Å²) in [5.41, 5.74) is 0.902. The minimum Gasteiger partial charge on any atom is -0.490 e. The van der Waals surface area contributed by atoms with Crippen LogP contribution in [0.4, 0.5) is 5.69 Å². The first-order valence-corrected chi connectivity index (χ1v) is 12.1. The normalized spacial score (nSPS) is 14.8. The molecule has 32 heavy (non-hydrogen) atoms. The van der Waals surface area contributed by atoms with Gasteiger partial charge in [-0.2, -0.15) is 9.57 Å². The van der Waals surface area contributed by atoms with Crippen LogP contribution in [0.5, 0.6) is 11.5 Å². The number of nitriles is 1. The summed E-state index contributed by atoms with van der Waals surface area (Å²) in [5.74, 6) is 0.349. The van der Waals surface area contributed by atoms with Gasteiger partial charge < -0.3 is 14.8 Å². The largest absolute Gasteiger partial charge is 0.490 e. The molecule has 0 aliphatic carbocycles. The molecule has 0 spiro atoms. The van der Waals surface area contributed by atoms with Crippen molar-refractivity contribution in [2.45, 2.75) is 37.5 Å². The predicted molar refractivity (Wildman–Crippen MR) is 120 cm³/mol. The fourth-order valence-corrected chi connectivity index (χ4v) is 4.96. The molecule has 8 nitrogen and oxygen atoms in total. The molecule has 1 N–H and O–H groups in total. The van der Waals surface area contributed by atoms with Crippen molar-refractivity contribution < 1.29 is 22.7 Å². The Bertz CT molecular complexity index is 1070. The quantitative estimate of drug-likeness (QED) is 0.649. The van der Waals surface area contributed by atoms with Crippen LogP contribution in [0.1, 0.15) is 38.2 Å². The standard InChI is InChI=1S/C23H27N3O5S/c1-2-30-22-15-18(16-24)7-12-21(22)31-17-23(27)25-19-8-10-20(11-9-19)32(28,29)26-13-5-3-4-6-14-26/h7-12,15H,2-6,13-14,17H2,1H3,(H,25,27). The number of sulfonamides is 1. The molecule has 0 radical (unpaired) electrons. The maximum absolute atomic E-state index is 12.9. The second kappa shape index (κ2) is 11.0. The average molecular weight is 458 g/mol. The maximum atomic E-state index is 12.9. The number of hydrogen-bond acceptors (Lipinski definition) is 6. The summed E-state index contributed by atoms with van der Waals surface area (Å²) in [4.78, 5) is 12.5. The van der Waals surface area contributed by atoms with E-state index in [0.29, 0.717) is 42.4 Å². The Morgan fingerprint density at radius 2 is 1.72 bits per heavy atom. The summed E-state index contributed by atoms with van der Waals surface area (Å²) in [5, 5.41) is 11.7. The van der Waals surface area contributed by atoms with Crippen LogP contribution in [0, 0.1) is 11.3 Å². The van der Waals surface area contributed by atoms with E-state index in [1.54, 1.807) is 30.3 Å². The Labute approximate surface area is 188 Å². The molecular formula is C23H27N3O5S. The van der Waals surface area contributed by atoms with Gasteiger partial charge in [-0.25, -0.2) is 8.42 Å². The fourth-order valence-electron chi connectivity index (χ4n) is 3.45. The highest BCUT2D eigenvalue weighted by Gasteiger charge is 2.25. The highest BCUT2D eigenvalue weighted by atomic mass is 32.2. The summed E-state index contributed by atoms with van der Waals surface area (Å²) >= 11 is 0. The molecule has 9 heteroatoms. The number of anilines is 1. The van der Waals surface area contributed by atoms with Gasteiger partial charge in [-0.1, -0.05) is 12.8 Å². The van der Waals surface area contributed by atoms with Crippen LogP contribution in [0.25, 0.3) is 0 Å². The lowest BCUT2D eigenvalue weighted by Crippen LogP contribution is -2.31. The molecule has 170 valence electrons. The van der Waals surface area contributed by atoms with E-state index in [0.717, 1.165) is 25.7 Å². The van der Waals surface area contributed by atoms with E-state index < -0.39 is 15.9 Å². The molecule has 1 aliphatic rings. The Balaban J connectivity index is 1.60. The molecule has 0 aromatic heterocycles. The van der Waals surface area contributed by atoms with Gasteiger partial charge in [0.2, 0.25) is 10.0 Å². The van der Waals surface area contributed by atoms with Crippen LogP contribution >= 0.6 is 0 Å². The molecule has 2 aromatic carbocycles. The first-order valence-electron chi connectivity index (χ1n) is 10.6. The van der Waals surface area contributed by atoms with E-state index >= 15 is 0 Å². The van der Waals surface area contributed by atoms with Crippen molar-refractivity contribution >= 4 is 21.6 Å². The summed E-state index contributed by atoms with van der Waals surface area (Å²) in [6.45, 7) is 3.02. The van der Waals surface area contributed by atoms with Gasteiger partial charge in [-0.05, 0) is 56.2 Å². The first-order chi connectivity index (χ1) is 15.4. The van der Waals surface area contributed by atoms with Crippen molar-refractivity contribution in [2.75, 3.05) is 31.6 Å². The molecule has 1 saturated heterocycles. The highest BCUT2D eigenvalue weighted by molar-refractivity contribution is 7.89. The lowest BCUT2D eigenvalue weighted by Gasteiger charge is -2.20. The van der Waals surface area contributed by atoms with E-state index in [4.69, 9.17) is 14.7 Å². The summed E-state index contributed by atoms with van der Waals surface area (Å²) in [6.07, 6.45) is 3.84. The van der Waals surface area contributed by atoms with E-state index in [9.17, 15) is 13.2 Å². The zero-order valence-electron chi connectivity index (χ0n) is 18.0. The van der Waals surface area contributed by atoms with Gasteiger partial charge in [0.1, 0.15) is 0 Å². The zero-order chi connectivity index (χ0) is 23.0. The van der Waals surface area contributed by atoms with Crippen LogP contribution in [0.2, 0.25) is 0 Å². The summed E-state index contributed by atoms with van der Waals surface area (Å²) < 4.78 is 38.2. The number of nitrogens with zero attached hydrogens (tertiary/aromatic N) is 2. The number of nitrogens with one attached hydrogen (secondary N) is 1. The predicted octanol–water partition coefficient (Wildman–Crippen LogP) is 3.54. The molecule has 0 bridgehead atoms. The van der Waals surface area contributed by atoms with Gasteiger partial charge in [0.15, 0.2) is 18.1 Å². The van der Waals surface area contributed by atoms with Crippen molar-refractivity contribution in [1.29, 1.82) is 5.26 Å². The monoisotopic (exact) mass is 457 g/mol. The minimum absolute atomic E-state index is 0.215. The van der Waals surface area contributed by atoms with Crippen LogP contribution in [0.15, 0.2) is 47.4 Å². The van der Waals surface area contributed by atoms with Crippen molar-refractivity contribution in [3.05, 3.63) is 48.0 Å². The Kier molecular flexibility index (Phi) is 8.09. The van der Waals surface area contributed by atoms with Gasteiger partial charge >= 0.3 is 0 Å². The Morgan fingerprint density at radius 3 is 2.34 bits per heavy atom. The molecule has 1 fully saturated rings. The molecule has 1 aliphatic heterocycles. The lowest BCUT2D eigenvalue weighted by atomic mass is 10.2. The van der Waals surface area contributed by atoms with Gasteiger partial charge in [-0.15, -0.1) is 0 Å². The van der Waals surface area contributed by atoms with Crippen LogP contribution in [-0.2, 0) is 14.8 Å². The Morgan fingerprint density at radius 1 is 1.03 bits per heavy atom. The third-order valence-corrected chi connectivity index (χ3v) is 6.99. The first kappa shape index (κ1) is 23.6. The summed E-state index contributed by atoms with van der Waals surface area (Å²) in [6, 6.07) is 12.9. The molecule has 0 saturated carbocycles.